The van der Waals surface area contributed by atoms with Crippen LogP contribution in [0.4, 0.5) is 15.4 Å². The molecule has 0 bridgehead atoms. The van der Waals surface area contributed by atoms with Gasteiger partial charge >= 0.3 is 12.1 Å². The van der Waals surface area contributed by atoms with Gasteiger partial charge in [0, 0.05) is 24.7 Å². The zero-order chi connectivity index (χ0) is 16.7. The van der Waals surface area contributed by atoms with Gasteiger partial charge in [0.1, 0.15) is 0 Å². The number of benzene rings is 1. The fourth-order valence-electron chi connectivity index (χ4n) is 1.86. The molecule has 122 valence electrons. The number of nitrogens with zero attached hydrogens (tertiary/aromatic N) is 2. The van der Waals surface area contributed by atoms with Crippen molar-refractivity contribution >= 4 is 17.9 Å². The molecular formula is C15H18N4O4. The second kappa shape index (κ2) is 7.95. The summed E-state index contributed by atoms with van der Waals surface area (Å²) in [6, 6.07) is 10.2. The normalized spacial score (nSPS) is 10.2. The summed E-state index contributed by atoms with van der Waals surface area (Å²) in [6.07, 6.45) is -0.762. The first kappa shape index (κ1) is 16.5. The van der Waals surface area contributed by atoms with E-state index in [2.05, 4.69) is 10.5 Å². The predicted octanol–water partition coefficient (Wildman–Crippen LogP) is 2.29. The number of imide groups is 1. The van der Waals surface area contributed by atoms with E-state index in [1.54, 1.807) is 13.0 Å². The van der Waals surface area contributed by atoms with E-state index in [1.165, 1.54) is 0 Å². The number of carbonyl (C=O) groups excluding carboxylic acids is 2. The lowest BCUT2D eigenvalue weighted by molar-refractivity contribution is 0.118. The molecular weight excluding hydrogens is 300 g/mol. The molecule has 8 heteroatoms. The zero-order valence-corrected chi connectivity index (χ0v) is 12.7. The van der Waals surface area contributed by atoms with Crippen molar-refractivity contribution in [3.8, 4) is 11.3 Å². The Morgan fingerprint density at radius 3 is 2.74 bits per heavy atom. The minimum Gasteiger partial charge on any atom is -0.449 e. The fraction of sp³-hybridized carbons (Fsp3) is 0.267. The third kappa shape index (κ3) is 4.30. The predicted molar refractivity (Wildman–Crippen MR) is 83.7 cm³/mol. The first-order valence-corrected chi connectivity index (χ1v) is 7.13. The van der Waals surface area contributed by atoms with Crippen molar-refractivity contribution in [3.05, 3.63) is 36.4 Å². The largest absolute Gasteiger partial charge is 0.449 e. The number of hydrogen-bond acceptors (Lipinski definition) is 6. The molecule has 1 aromatic carbocycles. The molecule has 0 spiro atoms. The highest BCUT2D eigenvalue weighted by Gasteiger charge is 2.23. The van der Waals surface area contributed by atoms with Crippen molar-refractivity contribution in [3.63, 3.8) is 0 Å². The Labute approximate surface area is 133 Å². The van der Waals surface area contributed by atoms with E-state index < -0.39 is 12.1 Å². The third-order valence-corrected chi connectivity index (χ3v) is 2.89. The molecule has 2 aromatic rings. The summed E-state index contributed by atoms with van der Waals surface area (Å²) in [5.74, 6) is 0.697. The number of anilines is 1. The summed E-state index contributed by atoms with van der Waals surface area (Å²) in [5, 5.41) is 6.25. The highest BCUT2D eigenvalue weighted by Crippen LogP contribution is 2.22. The number of nitrogens with one attached hydrogen (secondary N) is 1. The number of carbonyl (C=O) groups is 2. The first-order chi connectivity index (χ1) is 11.2. The number of nitrogens with two attached hydrogens (primary N) is 1. The van der Waals surface area contributed by atoms with Gasteiger partial charge in [-0.15, -0.1) is 0 Å². The van der Waals surface area contributed by atoms with Crippen LogP contribution in [0.3, 0.4) is 0 Å². The number of aromatic nitrogens is 1. The molecule has 0 atom stereocenters. The molecule has 0 fully saturated rings. The van der Waals surface area contributed by atoms with Crippen LogP contribution in [-0.2, 0) is 4.74 Å². The van der Waals surface area contributed by atoms with Gasteiger partial charge < -0.3 is 15.0 Å². The minimum atomic E-state index is -0.762. The van der Waals surface area contributed by atoms with E-state index >= 15 is 0 Å². The second-order valence-corrected chi connectivity index (χ2v) is 4.51. The van der Waals surface area contributed by atoms with E-state index in [0.717, 1.165) is 10.5 Å². The van der Waals surface area contributed by atoms with Crippen molar-refractivity contribution in [1.29, 1.82) is 0 Å². The maximum atomic E-state index is 12.1. The van der Waals surface area contributed by atoms with Crippen LogP contribution in [0.5, 0.6) is 0 Å². The molecule has 2 rings (SSSR count). The Balaban J connectivity index is 2.07. The van der Waals surface area contributed by atoms with Crippen LogP contribution in [0.1, 0.15) is 6.92 Å². The van der Waals surface area contributed by atoms with E-state index in [-0.39, 0.29) is 25.5 Å². The summed E-state index contributed by atoms with van der Waals surface area (Å²) in [5.41, 5.74) is 6.23. The summed E-state index contributed by atoms with van der Waals surface area (Å²) < 4.78 is 9.99. The molecule has 0 aliphatic rings. The van der Waals surface area contributed by atoms with Crippen molar-refractivity contribution < 1.29 is 18.8 Å². The quantitative estimate of drug-likeness (QED) is 0.875. The van der Waals surface area contributed by atoms with E-state index in [1.807, 2.05) is 30.3 Å². The number of amides is 3. The van der Waals surface area contributed by atoms with Gasteiger partial charge in [0.25, 0.3) is 0 Å². The first-order valence-electron chi connectivity index (χ1n) is 7.13. The van der Waals surface area contributed by atoms with Gasteiger partial charge in [0.05, 0.1) is 6.61 Å². The van der Waals surface area contributed by atoms with Crippen LogP contribution in [0.15, 0.2) is 40.9 Å². The zero-order valence-electron chi connectivity index (χ0n) is 12.7. The lowest BCUT2D eigenvalue weighted by atomic mass is 10.2. The van der Waals surface area contributed by atoms with Crippen LogP contribution in [0.2, 0.25) is 0 Å². The Bertz CT molecular complexity index is 657. The number of rotatable bonds is 5. The summed E-state index contributed by atoms with van der Waals surface area (Å²) in [6.45, 7) is 1.98. The van der Waals surface area contributed by atoms with Crippen LogP contribution in [0.25, 0.3) is 11.3 Å². The summed E-state index contributed by atoms with van der Waals surface area (Å²) >= 11 is 0. The highest BCUT2D eigenvalue weighted by molar-refractivity contribution is 5.98. The molecule has 23 heavy (non-hydrogen) atoms. The average molecular weight is 318 g/mol. The van der Waals surface area contributed by atoms with Gasteiger partial charge in [-0.2, -0.15) is 0 Å². The highest BCUT2D eigenvalue weighted by atomic mass is 16.6. The Morgan fingerprint density at radius 1 is 1.35 bits per heavy atom. The smallest absolute Gasteiger partial charge is 0.418 e. The number of urea groups is 1. The lowest BCUT2D eigenvalue weighted by Crippen LogP contribution is -2.43. The second-order valence-electron chi connectivity index (χ2n) is 4.51. The molecule has 3 N–H and O–H groups in total. The van der Waals surface area contributed by atoms with Gasteiger partial charge in [-0.25, -0.2) is 14.5 Å². The van der Waals surface area contributed by atoms with Crippen molar-refractivity contribution in [2.75, 3.05) is 25.0 Å². The molecule has 0 aliphatic heterocycles. The Morgan fingerprint density at radius 2 is 2.09 bits per heavy atom. The fourth-order valence-corrected chi connectivity index (χ4v) is 1.86. The van der Waals surface area contributed by atoms with Crippen LogP contribution in [-0.4, -0.2) is 41.9 Å². The van der Waals surface area contributed by atoms with Crippen molar-refractivity contribution in [1.82, 2.24) is 10.1 Å². The van der Waals surface area contributed by atoms with Gasteiger partial charge in [0.15, 0.2) is 11.6 Å². The molecule has 0 unspecified atom stereocenters. The van der Waals surface area contributed by atoms with Crippen LogP contribution < -0.4 is 11.1 Å². The van der Waals surface area contributed by atoms with Gasteiger partial charge in [-0.3, -0.25) is 5.32 Å². The SMILES string of the molecule is CCOC(=O)N(CCN)C(=O)Nc1cc(-c2ccccc2)on1. The van der Waals surface area contributed by atoms with E-state index in [0.29, 0.717) is 5.76 Å². The minimum absolute atomic E-state index is 0.0358. The van der Waals surface area contributed by atoms with Crippen molar-refractivity contribution in [2.24, 2.45) is 5.73 Å². The number of hydrogen-bond donors (Lipinski definition) is 2. The lowest BCUT2D eigenvalue weighted by Gasteiger charge is -2.18. The molecule has 0 aliphatic carbocycles. The molecule has 1 heterocycles. The molecule has 0 radical (unpaired) electrons. The van der Waals surface area contributed by atoms with Gasteiger partial charge in [-0.05, 0) is 6.92 Å². The third-order valence-electron chi connectivity index (χ3n) is 2.89. The molecule has 0 saturated carbocycles. The molecule has 0 saturated heterocycles. The maximum absolute atomic E-state index is 12.1. The average Bonchev–Trinajstić information content (AvgIpc) is 3.02. The summed E-state index contributed by atoms with van der Waals surface area (Å²) in [4.78, 5) is 24.8. The van der Waals surface area contributed by atoms with E-state index in [4.69, 9.17) is 15.0 Å². The molecule has 1 aromatic heterocycles. The van der Waals surface area contributed by atoms with Crippen LogP contribution >= 0.6 is 0 Å². The van der Waals surface area contributed by atoms with Crippen LogP contribution in [0, 0.1) is 0 Å². The molecule has 8 nitrogen and oxygen atoms in total. The topological polar surface area (TPSA) is 111 Å². The Kier molecular flexibility index (Phi) is 5.70. The Hall–Kier alpha value is -2.87. The number of ether oxygens (including phenoxy) is 1. The van der Waals surface area contributed by atoms with Gasteiger partial charge in [-0.1, -0.05) is 35.5 Å². The maximum Gasteiger partial charge on any atom is 0.418 e. The van der Waals surface area contributed by atoms with E-state index in [9.17, 15) is 9.59 Å². The molecule has 3 amide bonds. The standard InChI is InChI=1S/C15H18N4O4/c1-2-22-15(21)19(9-8-16)14(20)17-13-10-12(23-18-13)11-6-4-3-5-7-11/h3-7,10H,2,8-9,16H2,1H3,(H,17,18,20). The summed E-state index contributed by atoms with van der Waals surface area (Å²) in [7, 11) is 0. The van der Waals surface area contributed by atoms with Gasteiger partial charge in [0.2, 0.25) is 0 Å². The van der Waals surface area contributed by atoms with Crippen molar-refractivity contribution in [2.45, 2.75) is 6.92 Å². The monoisotopic (exact) mass is 318 g/mol.